The average molecular weight is 201 g/mol. The first-order valence-electron chi connectivity index (χ1n) is 4.88. The Balaban J connectivity index is 2.41. The molecule has 5 nitrogen and oxygen atoms in total. The summed E-state index contributed by atoms with van der Waals surface area (Å²) < 4.78 is 1.90. The summed E-state index contributed by atoms with van der Waals surface area (Å²) in [4.78, 5) is 7.39. The van der Waals surface area contributed by atoms with Crippen LogP contribution in [-0.2, 0) is 6.54 Å². The van der Waals surface area contributed by atoms with Crippen LogP contribution in [0.25, 0.3) is 21.9 Å². The molecule has 15 heavy (non-hydrogen) atoms. The summed E-state index contributed by atoms with van der Waals surface area (Å²) in [6.07, 6.45) is 3.54. The second kappa shape index (κ2) is 3.06. The van der Waals surface area contributed by atoms with Gasteiger partial charge in [0.05, 0.1) is 30.1 Å². The minimum Gasteiger partial charge on any atom is -0.345 e. The van der Waals surface area contributed by atoms with Crippen LogP contribution in [0.1, 0.15) is 0 Å². The van der Waals surface area contributed by atoms with E-state index < -0.39 is 0 Å². The number of nitrogens with two attached hydrogens (primary N) is 1. The predicted octanol–water partition coefficient (Wildman–Crippen LogP) is 0.871. The van der Waals surface area contributed by atoms with Gasteiger partial charge in [-0.05, 0) is 12.1 Å². The van der Waals surface area contributed by atoms with Crippen molar-refractivity contribution < 1.29 is 0 Å². The monoisotopic (exact) mass is 201 g/mol. The van der Waals surface area contributed by atoms with Crippen LogP contribution in [0.4, 0.5) is 0 Å². The summed E-state index contributed by atoms with van der Waals surface area (Å²) in [5.41, 5.74) is 8.58. The van der Waals surface area contributed by atoms with Gasteiger partial charge in [0.2, 0.25) is 0 Å². The number of fused-ring (bicyclic) bond motifs is 3. The van der Waals surface area contributed by atoms with Crippen molar-refractivity contribution >= 4 is 21.9 Å². The van der Waals surface area contributed by atoms with Crippen molar-refractivity contribution in [3.8, 4) is 0 Å². The van der Waals surface area contributed by atoms with Gasteiger partial charge in [-0.25, -0.2) is 4.98 Å². The van der Waals surface area contributed by atoms with Crippen molar-refractivity contribution in [2.24, 2.45) is 5.73 Å². The molecule has 3 rings (SSSR count). The van der Waals surface area contributed by atoms with E-state index in [1.165, 1.54) is 0 Å². The fraction of sp³-hybridized carbons (Fsp3) is 0.200. The van der Waals surface area contributed by atoms with Gasteiger partial charge in [-0.15, -0.1) is 0 Å². The Hall–Kier alpha value is -1.88. The standard InChI is InChI=1S/C10H11N5/c11-3-4-15-10-7(5-14-15)1-2-8-9(10)13-6-12-8/h1-2,5-6H,3-4,11H2,(H,12,13). The van der Waals surface area contributed by atoms with Gasteiger partial charge in [-0.1, -0.05) is 0 Å². The second-order valence-electron chi connectivity index (χ2n) is 3.46. The Kier molecular flexibility index (Phi) is 1.72. The molecule has 2 heterocycles. The zero-order valence-electron chi connectivity index (χ0n) is 8.14. The van der Waals surface area contributed by atoms with Gasteiger partial charge in [-0.2, -0.15) is 5.10 Å². The van der Waals surface area contributed by atoms with Crippen molar-refractivity contribution in [1.82, 2.24) is 19.7 Å². The highest BCUT2D eigenvalue weighted by Gasteiger charge is 2.07. The first-order chi connectivity index (χ1) is 7.40. The SMILES string of the molecule is NCCn1ncc2ccc3[nH]cnc3c21. The third kappa shape index (κ3) is 1.13. The molecule has 3 aromatic rings. The van der Waals surface area contributed by atoms with Gasteiger partial charge in [0, 0.05) is 11.9 Å². The number of hydrogen-bond donors (Lipinski definition) is 2. The Morgan fingerprint density at radius 3 is 3.20 bits per heavy atom. The summed E-state index contributed by atoms with van der Waals surface area (Å²) in [6, 6.07) is 4.05. The molecule has 2 aromatic heterocycles. The van der Waals surface area contributed by atoms with Gasteiger partial charge in [0.15, 0.2) is 0 Å². The zero-order chi connectivity index (χ0) is 10.3. The number of imidazole rings is 1. The quantitative estimate of drug-likeness (QED) is 0.646. The molecule has 0 radical (unpaired) electrons. The van der Waals surface area contributed by atoms with Gasteiger partial charge in [-0.3, -0.25) is 4.68 Å². The summed E-state index contributed by atoms with van der Waals surface area (Å²) in [6.45, 7) is 1.30. The van der Waals surface area contributed by atoms with Gasteiger partial charge >= 0.3 is 0 Å². The van der Waals surface area contributed by atoms with E-state index in [4.69, 9.17) is 5.73 Å². The van der Waals surface area contributed by atoms with Crippen LogP contribution in [0.5, 0.6) is 0 Å². The van der Waals surface area contributed by atoms with Crippen LogP contribution in [0.2, 0.25) is 0 Å². The minimum atomic E-state index is 0.581. The third-order valence-corrected chi connectivity index (χ3v) is 2.53. The van der Waals surface area contributed by atoms with Gasteiger partial charge in [0.1, 0.15) is 5.52 Å². The number of rotatable bonds is 2. The molecular formula is C10H11N5. The van der Waals surface area contributed by atoms with Crippen LogP contribution in [0.15, 0.2) is 24.7 Å². The number of benzene rings is 1. The fourth-order valence-corrected chi connectivity index (χ4v) is 1.87. The lowest BCUT2D eigenvalue weighted by molar-refractivity contribution is 0.647. The third-order valence-electron chi connectivity index (χ3n) is 2.53. The molecule has 0 saturated carbocycles. The van der Waals surface area contributed by atoms with Crippen molar-refractivity contribution in [2.75, 3.05) is 6.54 Å². The van der Waals surface area contributed by atoms with Gasteiger partial charge < -0.3 is 10.7 Å². The van der Waals surface area contributed by atoms with Crippen LogP contribution in [0, 0.1) is 0 Å². The van der Waals surface area contributed by atoms with Crippen molar-refractivity contribution in [2.45, 2.75) is 6.54 Å². The summed E-state index contributed by atoms with van der Waals surface area (Å²) in [7, 11) is 0. The summed E-state index contributed by atoms with van der Waals surface area (Å²) in [5, 5.41) is 5.40. The lowest BCUT2D eigenvalue weighted by Crippen LogP contribution is -2.10. The molecule has 0 aliphatic rings. The maximum atomic E-state index is 5.54. The molecule has 0 aliphatic heterocycles. The molecule has 5 heteroatoms. The number of aromatic nitrogens is 4. The first kappa shape index (κ1) is 8.43. The lowest BCUT2D eigenvalue weighted by Gasteiger charge is -2.00. The fourth-order valence-electron chi connectivity index (χ4n) is 1.87. The zero-order valence-corrected chi connectivity index (χ0v) is 8.14. The van der Waals surface area contributed by atoms with E-state index in [0.29, 0.717) is 6.54 Å². The predicted molar refractivity (Wildman–Crippen MR) is 58.4 cm³/mol. The van der Waals surface area contributed by atoms with Crippen molar-refractivity contribution in [3.63, 3.8) is 0 Å². The number of nitrogens with one attached hydrogen (secondary N) is 1. The van der Waals surface area contributed by atoms with Crippen molar-refractivity contribution in [1.29, 1.82) is 0 Å². The highest BCUT2D eigenvalue weighted by molar-refractivity contribution is 6.01. The van der Waals surface area contributed by atoms with E-state index in [9.17, 15) is 0 Å². The van der Waals surface area contributed by atoms with E-state index in [1.807, 2.05) is 23.0 Å². The van der Waals surface area contributed by atoms with E-state index >= 15 is 0 Å². The number of aromatic amines is 1. The molecule has 0 unspecified atom stereocenters. The average Bonchev–Trinajstić information content (AvgIpc) is 2.83. The molecular weight excluding hydrogens is 190 g/mol. The largest absolute Gasteiger partial charge is 0.345 e. The van der Waals surface area contributed by atoms with Crippen LogP contribution in [0.3, 0.4) is 0 Å². The topological polar surface area (TPSA) is 72.5 Å². The smallest absolute Gasteiger partial charge is 0.114 e. The Bertz CT molecular complexity index is 606. The molecule has 0 aliphatic carbocycles. The number of H-pyrrole nitrogens is 1. The lowest BCUT2D eigenvalue weighted by atomic mass is 10.2. The van der Waals surface area contributed by atoms with Gasteiger partial charge in [0.25, 0.3) is 0 Å². The number of nitrogens with zero attached hydrogens (tertiary/aromatic N) is 3. The molecule has 76 valence electrons. The Morgan fingerprint density at radius 1 is 1.40 bits per heavy atom. The number of hydrogen-bond acceptors (Lipinski definition) is 3. The highest BCUT2D eigenvalue weighted by Crippen LogP contribution is 2.22. The summed E-state index contributed by atoms with van der Waals surface area (Å²) >= 11 is 0. The molecule has 0 fully saturated rings. The molecule has 0 spiro atoms. The maximum Gasteiger partial charge on any atom is 0.114 e. The molecule has 0 atom stereocenters. The van der Waals surface area contributed by atoms with E-state index in [0.717, 1.165) is 28.5 Å². The first-order valence-corrected chi connectivity index (χ1v) is 4.88. The van der Waals surface area contributed by atoms with Crippen LogP contribution < -0.4 is 5.73 Å². The molecule has 0 saturated heterocycles. The second-order valence-corrected chi connectivity index (χ2v) is 3.46. The van der Waals surface area contributed by atoms with E-state index in [1.54, 1.807) is 6.33 Å². The molecule has 0 bridgehead atoms. The Labute approximate surface area is 85.9 Å². The maximum absolute atomic E-state index is 5.54. The minimum absolute atomic E-state index is 0.581. The van der Waals surface area contributed by atoms with E-state index in [2.05, 4.69) is 15.1 Å². The molecule has 0 amide bonds. The molecule has 1 aromatic carbocycles. The van der Waals surface area contributed by atoms with E-state index in [-0.39, 0.29) is 0 Å². The van der Waals surface area contributed by atoms with Crippen molar-refractivity contribution in [3.05, 3.63) is 24.7 Å². The molecule has 3 N–H and O–H groups in total. The summed E-state index contributed by atoms with van der Waals surface area (Å²) in [5.74, 6) is 0. The Morgan fingerprint density at radius 2 is 2.33 bits per heavy atom. The highest BCUT2D eigenvalue weighted by atomic mass is 15.3. The van der Waals surface area contributed by atoms with Crippen LogP contribution >= 0.6 is 0 Å². The normalized spacial score (nSPS) is 11.5. The van der Waals surface area contributed by atoms with Crippen LogP contribution in [-0.4, -0.2) is 26.3 Å².